The number of benzene rings is 1. The van der Waals surface area contributed by atoms with E-state index in [0.717, 1.165) is 38.9 Å². The number of amides is 2. The maximum atomic E-state index is 12.2. The molecule has 178 valence electrons. The Kier molecular flexibility index (Phi) is 10.5. The normalized spacial score (nSPS) is 18.2. The zero-order valence-electron chi connectivity index (χ0n) is 19.4. The number of nitrogens with zero attached hydrogens (tertiary/aromatic N) is 4. The highest BCUT2D eigenvalue weighted by molar-refractivity contribution is 14.0. The van der Waals surface area contributed by atoms with E-state index in [9.17, 15) is 9.59 Å². The van der Waals surface area contributed by atoms with Crippen LogP contribution in [0, 0.1) is 5.92 Å². The average molecular weight is 556 g/mol. The summed E-state index contributed by atoms with van der Waals surface area (Å²) in [5.41, 5.74) is 1.19. The van der Waals surface area contributed by atoms with Gasteiger partial charge in [-0.2, -0.15) is 0 Å². The minimum absolute atomic E-state index is 0. The third kappa shape index (κ3) is 8.14. The molecule has 1 aliphatic heterocycles. The van der Waals surface area contributed by atoms with Gasteiger partial charge in [-0.05, 0) is 31.4 Å². The van der Waals surface area contributed by atoms with Crippen LogP contribution in [-0.4, -0.2) is 87.5 Å². The van der Waals surface area contributed by atoms with Gasteiger partial charge in [0.25, 0.3) is 0 Å². The molecule has 1 aromatic carbocycles. The number of halogens is 1. The number of rotatable bonds is 10. The fourth-order valence-corrected chi connectivity index (χ4v) is 3.72. The Balaban J connectivity index is 0.00000363. The molecule has 1 saturated heterocycles. The Labute approximate surface area is 208 Å². The van der Waals surface area contributed by atoms with E-state index in [2.05, 4.69) is 39.7 Å². The SMILES string of the molecule is CN(C)C(=O)CN=C(NCCCN(C)c1ccccc1)NCC1CC(=O)N(C2CC2)C1.I. The third-order valence-electron chi connectivity index (χ3n) is 5.82. The van der Waals surface area contributed by atoms with Gasteiger partial charge in [0.2, 0.25) is 11.8 Å². The van der Waals surface area contributed by atoms with E-state index in [4.69, 9.17) is 0 Å². The van der Waals surface area contributed by atoms with E-state index in [-0.39, 0.29) is 48.3 Å². The zero-order valence-corrected chi connectivity index (χ0v) is 21.7. The number of aliphatic imine (C=N–C) groups is 1. The van der Waals surface area contributed by atoms with Crippen LogP contribution in [-0.2, 0) is 9.59 Å². The number of hydrogen-bond acceptors (Lipinski definition) is 4. The van der Waals surface area contributed by atoms with Crippen molar-refractivity contribution in [2.45, 2.75) is 31.7 Å². The molecule has 2 N–H and O–H groups in total. The van der Waals surface area contributed by atoms with Crippen LogP contribution in [0.5, 0.6) is 0 Å². The van der Waals surface area contributed by atoms with Crippen LogP contribution in [0.2, 0.25) is 0 Å². The highest BCUT2D eigenvalue weighted by atomic mass is 127. The Hall–Kier alpha value is -2.04. The van der Waals surface area contributed by atoms with Gasteiger partial charge in [-0.15, -0.1) is 24.0 Å². The first-order valence-electron chi connectivity index (χ1n) is 11.2. The second-order valence-corrected chi connectivity index (χ2v) is 8.72. The number of guanidine groups is 1. The number of para-hydroxylation sites is 1. The quantitative estimate of drug-likeness (QED) is 0.199. The lowest BCUT2D eigenvalue weighted by molar-refractivity contribution is -0.128. The minimum atomic E-state index is -0.0409. The number of likely N-dealkylation sites (N-methyl/N-ethyl adjacent to an activating group) is 1. The molecular weight excluding hydrogens is 519 g/mol. The summed E-state index contributed by atoms with van der Waals surface area (Å²) in [6, 6.07) is 10.8. The van der Waals surface area contributed by atoms with Crippen LogP contribution in [0.4, 0.5) is 5.69 Å². The second kappa shape index (κ2) is 12.9. The highest BCUT2D eigenvalue weighted by Crippen LogP contribution is 2.32. The molecule has 1 aliphatic carbocycles. The van der Waals surface area contributed by atoms with Gasteiger partial charge in [0.1, 0.15) is 6.54 Å². The van der Waals surface area contributed by atoms with E-state index in [1.807, 2.05) is 23.1 Å². The summed E-state index contributed by atoms with van der Waals surface area (Å²) in [5, 5.41) is 6.70. The van der Waals surface area contributed by atoms with E-state index >= 15 is 0 Å². The maximum absolute atomic E-state index is 12.2. The van der Waals surface area contributed by atoms with Crippen LogP contribution in [0.3, 0.4) is 0 Å². The van der Waals surface area contributed by atoms with E-state index in [1.165, 1.54) is 5.69 Å². The first-order valence-corrected chi connectivity index (χ1v) is 11.2. The van der Waals surface area contributed by atoms with Gasteiger partial charge < -0.3 is 25.3 Å². The first-order chi connectivity index (χ1) is 14.9. The van der Waals surface area contributed by atoms with Crippen molar-refractivity contribution in [1.29, 1.82) is 0 Å². The van der Waals surface area contributed by atoms with E-state index in [0.29, 0.717) is 25.0 Å². The average Bonchev–Trinajstić information content (AvgIpc) is 3.54. The molecule has 2 aliphatic rings. The lowest BCUT2D eigenvalue weighted by atomic mass is 10.1. The third-order valence-corrected chi connectivity index (χ3v) is 5.82. The molecule has 0 spiro atoms. The lowest BCUT2D eigenvalue weighted by Crippen LogP contribution is -2.42. The monoisotopic (exact) mass is 556 g/mol. The zero-order chi connectivity index (χ0) is 22.2. The molecule has 0 radical (unpaired) electrons. The summed E-state index contributed by atoms with van der Waals surface area (Å²) in [4.78, 5) is 34.4. The molecule has 2 amide bonds. The predicted octanol–water partition coefficient (Wildman–Crippen LogP) is 1.77. The van der Waals surface area contributed by atoms with Gasteiger partial charge in [-0.25, -0.2) is 4.99 Å². The summed E-state index contributed by atoms with van der Waals surface area (Å²) in [5.74, 6) is 1.15. The van der Waals surface area contributed by atoms with Gasteiger partial charge in [0.05, 0.1) is 0 Å². The van der Waals surface area contributed by atoms with Crippen LogP contribution >= 0.6 is 24.0 Å². The number of hydrogen-bond donors (Lipinski definition) is 2. The van der Waals surface area contributed by atoms with Gasteiger partial charge in [-0.1, -0.05) is 18.2 Å². The largest absolute Gasteiger partial charge is 0.375 e. The van der Waals surface area contributed by atoms with Gasteiger partial charge in [0.15, 0.2) is 5.96 Å². The van der Waals surface area contributed by atoms with Gasteiger partial charge in [0, 0.05) is 71.4 Å². The predicted molar refractivity (Wildman–Crippen MR) is 140 cm³/mol. The van der Waals surface area contributed by atoms with Crippen LogP contribution in [0.15, 0.2) is 35.3 Å². The fraction of sp³-hybridized carbons (Fsp3) is 0.609. The van der Waals surface area contributed by atoms with Crippen LogP contribution < -0.4 is 15.5 Å². The van der Waals surface area contributed by atoms with Crippen molar-refractivity contribution >= 4 is 47.4 Å². The van der Waals surface area contributed by atoms with Gasteiger partial charge in [-0.3, -0.25) is 9.59 Å². The maximum Gasteiger partial charge on any atom is 0.243 e. The van der Waals surface area contributed by atoms with E-state index in [1.54, 1.807) is 19.0 Å². The smallest absolute Gasteiger partial charge is 0.243 e. The van der Waals surface area contributed by atoms with Crippen molar-refractivity contribution in [3.8, 4) is 0 Å². The number of carbonyl (C=O) groups excluding carboxylic acids is 2. The summed E-state index contributed by atoms with van der Waals surface area (Å²) in [7, 11) is 5.55. The molecule has 9 heteroatoms. The number of nitrogens with one attached hydrogen (secondary N) is 2. The molecule has 3 rings (SSSR count). The molecule has 2 fully saturated rings. The Morgan fingerprint density at radius 1 is 1.16 bits per heavy atom. The molecular formula is C23H37IN6O2. The Morgan fingerprint density at radius 3 is 2.53 bits per heavy atom. The molecule has 1 aromatic rings. The van der Waals surface area contributed by atoms with Crippen molar-refractivity contribution < 1.29 is 9.59 Å². The summed E-state index contributed by atoms with van der Waals surface area (Å²) < 4.78 is 0. The molecule has 8 nitrogen and oxygen atoms in total. The Bertz CT molecular complexity index is 769. The first kappa shape index (κ1) is 26.2. The van der Waals surface area contributed by atoms with Crippen LogP contribution in [0.25, 0.3) is 0 Å². The van der Waals surface area contributed by atoms with Crippen molar-refractivity contribution in [3.63, 3.8) is 0 Å². The number of likely N-dealkylation sites (tertiary alicyclic amines) is 1. The second-order valence-electron chi connectivity index (χ2n) is 8.72. The fourth-order valence-electron chi connectivity index (χ4n) is 3.72. The van der Waals surface area contributed by atoms with Crippen molar-refractivity contribution in [2.75, 3.05) is 58.8 Å². The topological polar surface area (TPSA) is 80.3 Å². The molecule has 1 saturated carbocycles. The highest BCUT2D eigenvalue weighted by Gasteiger charge is 2.39. The Morgan fingerprint density at radius 2 is 1.88 bits per heavy atom. The molecule has 32 heavy (non-hydrogen) atoms. The van der Waals surface area contributed by atoms with Crippen molar-refractivity contribution in [2.24, 2.45) is 10.9 Å². The molecule has 0 bridgehead atoms. The summed E-state index contributed by atoms with van der Waals surface area (Å²) in [6.45, 7) is 3.26. The number of carbonyl (C=O) groups is 2. The van der Waals surface area contributed by atoms with Crippen LogP contribution in [0.1, 0.15) is 25.7 Å². The molecule has 1 atom stereocenters. The molecule has 1 heterocycles. The van der Waals surface area contributed by atoms with E-state index < -0.39 is 0 Å². The molecule has 0 aromatic heterocycles. The number of anilines is 1. The van der Waals surface area contributed by atoms with Gasteiger partial charge >= 0.3 is 0 Å². The lowest BCUT2D eigenvalue weighted by Gasteiger charge is -2.20. The van der Waals surface area contributed by atoms with Crippen molar-refractivity contribution in [1.82, 2.24) is 20.4 Å². The molecule has 1 unspecified atom stereocenters. The van der Waals surface area contributed by atoms with Crippen molar-refractivity contribution in [3.05, 3.63) is 30.3 Å². The standard InChI is InChI=1S/C23H36N6O2.HI/c1-27(2)22(31)16-26-23(24-12-7-13-28(3)19-8-5-4-6-9-19)25-15-18-14-21(30)29(17-18)20-10-11-20;/h4-6,8-9,18,20H,7,10-17H2,1-3H3,(H2,24,25,26);1H. The summed E-state index contributed by atoms with van der Waals surface area (Å²) >= 11 is 0. The summed E-state index contributed by atoms with van der Waals surface area (Å²) in [6.07, 6.45) is 3.81. The minimum Gasteiger partial charge on any atom is -0.375 e.